The number of rotatable bonds is 2. The van der Waals surface area contributed by atoms with Crippen LogP contribution >= 0.6 is 27.5 Å². The highest BCUT2D eigenvalue weighted by Crippen LogP contribution is 2.25. The van der Waals surface area contributed by atoms with Crippen LogP contribution in [0.25, 0.3) is 0 Å². The summed E-state index contributed by atoms with van der Waals surface area (Å²) in [6.45, 7) is 1.07. The van der Waals surface area contributed by atoms with Crippen molar-refractivity contribution in [3.8, 4) is 0 Å². The zero-order valence-corrected chi connectivity index (χ0v) is 13.4. The molecular formula is C14H15BrClNO3. The molecular weight excluding hydrogens is 346 g/mol. The summed E-state index contributed by atoms with van der Waals surface area (Å²) in [5, 5.41) is 0.563. The number of hydrogen-bond acceptors (Lipinski definition) is 3. The largest absolute Gasteiger partial charge is 0.469 e. The van der Waals surface area contributed by atoms with Crippen LogP contribution in [0.1, 0.15) is 23.2 Å². The van der Waals surface area contributed by atoms with Crippen molar-refractivity contribution < 1.29 is 14.3 Å². The van der Waals surface area contributed by atoms with Crippen LogP contribution in [0.2, 0.25) is 5.02 Å². The molecule has 0 bridgehead atoms. The molecule has 1 aromatic carbocycles. The van der Waals surface area contributed by atoms with E-state index in [1.165, 1.54) is 7.11 Å². The van der Waals surface area contributed by atoms with E-state index >= 15 is 0 Å². The lowest BCUT2D eigenvalue weighted by Crippen LogP contribution is -2.42. The van der Waals surface area contributed by atoms with Gasteiger partial charge in [-0.3, -0.25) is 9.59 Å². The predicted octanol–water partition coefficient (Wildman–Crippen LogP) is 3.13. The minimum atomic E-state index is -0.250. The van der Waals surface area contributed by atoms with Crippen molar-refractivity contribution in [2.45, 2.75) is 12.8 Å². The number of esters is 1. The number of halogens is 2. The summed E-state index contributed by atoms with van der Waals surface area (Å²) in [5.41, 5.74) is 0.562. The lowest BCUT2D eigenvalue weighted by molar-refractivity contribution is -0.146. The lowest BCUT2D eigenvalue weighted by atomic mass is 9.97. The molecule has 1 aliphatic rings. The fourth-order valence-corrected chi connectivity index (χ4v) is 2.83. The molecule has 0 N–H and O–H groups in total. The zero-order valence-electron chi connectivity index (χ0n) is 11.1. The van der Waals surface area contributed by atoms with Gasteiger partial charge in [0, 0.05) is 23.1 Å². The first kappa shape index (κ1) is 15.3. The Morgan fingerprint density at radius 1 is 1.45 bits per heavy atom. The Morgan fingerprint density at radius 2 is 2.20 bits per heavy atom. The highest BCUT2D eigenvalue weighted by Gasteiger charge is 2.29. The van der Waals surface area contributed by atoms with Gasteiger partial charge in [-0.15, -0.1) is 0 Å². The average molecular weight is 361 g/mol. The molecule has 108 valence electrons. The van der Waals surface area contributed by atoms with Crippen molar-refractivity contribution in [2.75, 3.05) is 20.2 Å². The van der Waals surface area contributed by atoms with Crippen molar-refractivity contribution in [2.24, 2.45) is 5.92 Å². The normalized spacial score (nSPS) is 18.8. The average Bonchev–Trinajstić information content (AvgIpc) is 2.48. The first-order valence-electron chi connectivity index (χ1n) is 6.35. The third kappa shape index (κ3) is 3.33. The second kappa shape index (κ2) is 6.59. The predicted molar refractivity (Wildman–Crippen MR) is 79.8 cm³/mol. The smallest absolute Gasteiger partial charge is 0.310 e. The molecule has 1 unspecified atom stereocenters. The Labute approximate surface area is 131 Å². The maximum atomic E-state index is 12.4. The van der Waals surface area contributed by atoms with E-state index < -0.39 is 0 Å². The molecule has 2 rings (SSSR count). The molecule has 0 radical (unpaired) electrons. The number of nitrogens with zero attached hydrogens (tertiary/aromatic N) is 1. The van der Waals surface area contributed by atoms with Gasteiger partial charge >= 0.3 is 5.97 Å². The van der Waals surface area contributed by atoms with Gasteiger partial charge in [-0.25, -0.2) is 0 Å². The van der Waals surface area contributed by atoms with Crippen LogP contribution < -0.4 is 0 Å². The fraction of sp³-hybridized carbons (Fsp3) is 0.429. The van der Waals surface area contributed by atoms with Gasteiger partial charge in [-0.1, -0.05) is 11.6 Å². The first-order chi connectivity index (χ1) is 9.52. The molecule has 6 heteroatoms. The van der Waals surface area contributed by atoms with Crippen LogP contribution in [0.15, 0.2) is 22.7 Å². The van der Waals surface area contributed by atoms with Crippen LogP contribution in [0.4, 0.5) is 0 Å². The second-order valence-electron chi connectivity index (χ2n) is 4.74. The number of likely N-dealkylation sites (tertiary alicyclic amines) is 1. The number of methoxy groups -OCH3 is 1. The van der Waals surface area contributed by atoms with Crippen molar-refractivity contribution >= 4 is 39.4 Å². The van der Waals surface area contributed by atoms with E-state index in [4.69, 9.17) is 16.3 Å². The summed E-state index contributed by atoms with van der Waals surface area (Å²) in [4.78, 5) is 25.7. The van der Waals surface area contributed by atoms with Gasteiger partial charge in [0.25, 0.3) is 5.91 Å². The van der Waals surface area contributed by atoms with E-state index in [1.807, 2.05) is 0 Å². The Hall–Kier alpha value is -1.07. The molecule has 0 aromatic heterocycles. The zero-order chi connectivity index (χ0) is 14.7. The van der Waals surface area contributed by atoms with E-state index in [0.717, 1.165) is 12.8 Å². The van der Waals surface area contributed by atoms with Crippen LogP contribution in [-0.4, -0.2) is 37.0 Å². The molecule has 1 amide bonds. The van der Waals surface area contributed by atoms with Crippen LogP contribution in [0, 0.1) is 5.92 Å². The highest BCUT2D eigenvalue weighted by molar-refractivity contribution is 9.10. The number of piperidine rings is 1. The molecule has 20 heavy (non-hydrogen) atoms. The molecule has 1 atom stereocenters. The number of ether oxygens (including phenoxy) is 1. The second-order valence-corrected chi connectivity index (χ2v) is 6.00. The summed E-state index contributed by atoms with van der Waals surface area (Å²) in [6, 6.07) is 5.07. The molecule has 1 fully saturated rings. The van der Waals surface area contributed by atoms with E-state index in [1.54, 1.807) is 23.1 Å². The Morgan fingerprint density at radius 3 is 2.85 bits per heavy atom. The maximum Gasteiger partial charge on any atom is 0.310 e. The van der Waals surface area contributed by atoms with E-state index in [-0.39, 0.29) is 17.8 Å². The Bertz CT molecular complexity index is 535. The summed E-state index contributed by atoms with van der Waals surface area (Å²) in [6.07, 6.45) is 1.57. The van der Waals surface area contributed by atoms with Gasteiger partial charge in [-0.05, 0) is 47.0 Å². The van der Waals surface area contributed by atoms with Crippen molar-refractivity contribution in [3.05, 3.63) is 33.3 Å². The Balaban J connectivity index is 2.12. The topological polar surface area (TPSA) is 46.6 Å². The summed E-state index contributed by atoms with van der Waals surface area (Å²) in [7, 11) is 1.37. The minimum absolute atomic E-state index is 0.0871. The first-order valence-corrected chi connectivity index (χ1v) is 7.52. The van der Waals surface area contributed by atoms with Crippen LogP contribution in [0.3, 0.4) is 0 Å². The number of benzene rings is 1. The van der Waals surface area contributed by atoms with Crippen LogP contribution in [0.5, 0.6) is 0 Å². The SMILES string of the molecule is COC(=O)C1CCCN(C(=O)c2ccc(Cl)c(Br)c2)C1. The summed E-state index contributed by atoms with van der Waals surface area (Å²) < 4.78 is 5.44. The quantitative estimate of drug-likeness (QED) is 0.761. The van der Waals surface area contributed by atoms with Crippen molar-refractivity contribution in [1.29, 1.82) is 0 Å². The minimum Gasteiger partial charge on any atom is -0.469 e. The number of amides is 1. The molecule has 1 heterocycles. The molecule has 0 spiro atoms. The number of hydrogen-bond donors (Lipinski definition) is 0. The molecule has 0 saturated carbocycles. The van der Waals surface area contributed by atoms with Gasteiger partial charge in [0.2, 0.25) is 0 Å². The van der Waals surface area contributed by atoms with Crippen LogP contribution in [-0.2, 0) is 9.53 Å². The number of carbonyl (C=O) groups is 2. The summed E-state index contributed by atoms with van der Waals surface area (Å²) in [5.74, 6) is -0.566. The van der Waals surface area contributed by atoms with Crippen molar-refractivity contribution in [3.63, 3.8) is 0 Å². The monoisotopic (exact) mass is 359 g/mol. The van der Waals surface area contributed by atoms with Gasteiger partial charge in [0.05, 0.1) is 18.1 Å². The third-order valence-corrected chi connectivity index (χ3v) is 4.62. The van der Waals surface area contributed by atoms with E-state index in [9.17, 15) is 9.59 Å². The maximum absolute atomic E-state index is 12.4. The lowest BCUT2D eigenvalue weighted by Gasteiger charge is -2.31. The number of carbonyl (C=O) groups excluding carboxylic acids is 2. The van der Waals surface area contributed by atoms with Crippen molar-refractivity contribution in [1.82, 2.24) is 4.90 Å². The van der Waals surface area contributed by atoms with E-state index in [2.05, 4.69) is 15.9 Å². The van der Waals surface area contributed by atoms with E-state index in [0.29, 0.717) is 28.1 Å². The molecule has 1 saturated heterocycles. The molecule has 1 aromatic rings. The van der Waals surface area contributed by atoms with Gasteiger partial charge in [0.1, 0.15) is 0 Å². The standard InChI is InChI=1S/C14H15BrClNO3/c1-20-14(19)10-3-2-6-17(8-10)13(18)9-4-5-12(16)11(15)7-9/h4-5,7,10H,2-3,6,8H2,1H3. The Kier molecular flexibility index (Phi) is 5.05. The summed E-state index contributed by atoms with van der Waals surface area (Å²) >= 11 is 9.23. The third-order valence-electron chi connectivity index (χ3n) is 3.41. The van der Waals surface area contributed by atoms with Gasteiger partial charge in [0.15, 0.2) is 0 Å². The molecule has 4 nitrogen and oxygen atoms in total. The van der Waals surface area contributed by atoms with Gasteiger partial charge in [-0.2, -0.15) is 0 Å². The van der Waals surface area contributed by atoms with Gasteiger partial charge < -0.3 is 9.64 Å². The molecule has 1 aliphatic heterocycles. The fourth-order valence-electron chi connectivity index (χ4n) is 2.33. The highest BCUT2D eigenvalue weighted by atomic mass is 79.9. The molecule has 0 aliphatic carbocycles.